The Morgan fingerprint density at radius 1 is 1.18 bits per heavy atom. The SMILES string of the molecule is CC(CC(=O)O)CC(=O)O.[MgH2]. The predicted octanol–water partition coefficient (Wildman–Crippen LogP) is -0.344. The molecule has 0 bridgehead atoms. The number of carboxylic acid groups (broad SMARTS) is 2. The Morgan fingerprint density at radius 2 is 1.45 bits per heavy atom. The van der Waals surface area contributed by atoms with Gasteiger partial charge >= 0.3 is 35.0 Å². The van der Waals surface area contributed by atoms with Gasteiger partial charge in [0.05, 0.1) is 0 Å². The van der Waals surface area contributed by atoms with Crippen LogP contribution in [-0.2, 0) is 9.59 Å². The van der Waals surface area contributed by atoms with Crippen LogP contribution in [0.5, 0.6) is 0 Å². The van der Waals surface area contributed by atoms with Crippen molar-refractivity contribution in [1.29, 1.82) is 0 Å². The first-order valence-corrected chi connectivity index (χ1v) is 2.96. The fraction of sp³-hybridized carbons (Fsp3) is 0.667. The van der Waals surface area contributed by atoms with Crippen LogP contribution in [0.15, 0.2) is 0 Å². The first kappa shape index (κ1) is 13.3. The number of rotatable bonds is 4. The lowest BCUT2D eigenvalue weighted by molar-refractivity contribution is -0.140. The molecule has 0 amide bonds. The number of carboxylic acids is 2. The Bertz CT molecular complexity index is 130. The summed E-state index contributed by atoms with van der Waals surface area (Å²) in [6.45, 7) is 1.60. The van der Waals surface area contributed by atoms with Crippen molar-refractivity contribution >= 4 is 35.0 Å². The first-order chi connectivity index (χ1) is 4.52. The molecule has 0 fully saturated rings. The van der Waals surface area contributed by atoms with E-state index in [9.17, 15) is 9.59 Å². The molecule has 0 rings (SSSR count). The van der Waals surface area contributed by atoms with E-state index in [2.05, 4.69) is 0 Å². The van der Waals surface area contributed by atoms with Crippen LogP contribution in [0.3, 0.4) is 0 Å². The van der Waals surface area contributed by atoms with Gasteiger partial charge in [0.15, 0.2) is 0 Å². The minimum Gasteiger partial charge on any atom is -0.481 e. The topological polar surface area (TPSA) is 74.6 Å². The third kappa shape index (κ3) is 9.71. The molecule has 62 valence electrons. The third-order valence-corrected chi connectivity index (χ3v) is 1.05. The van der Waals surface area contributed by atoms with Gasteiger partial charge in [-0.3, -0.25) is 9.59 Å². The molecule has 0 unspecified atom stereocenters. The monoisotopic (exact) mass is 172 g/mol. The minimum atomic E-state index is -0.950. The Kier molecular flexibility index (Phi) is 7.76. The van der Waals surface area contributed by atoms with Crippen LogP contribution in [0.4, 0.5) is 0 Å². The van der Waals surface area contributed by atoms with E-state index in [0.29, 0.717) is 0 Å². The van der Waals surface area contributed by atoms with Crippen molar-refractivity contribution in [2.24, 2.45) is 5.92 Å². The molecule has 0 radical (unpaired) electrons. The summed E-state index contributed by atoms with van der Waals surface area (Å²) in [5.74, 6) is -2.18. The number of carbonyl (C=O) groups is 2. The molecule has 2 N–H and O–H groups in total. The Morgan fingerprint density at radius 3 is 1.64 bits per heavy atom. The molecule has 0 spiro atoms. The van der Waals surface area contributed by atoms with Gasteiger partial charge in [0.2, 0.25) is 0 Å². The highest BCUT2D eigenvalue weighted by Crippen LogP contribution is 2.06. The van der Waals surface area contributed by atoms with Gasteiger partial charge in [0, 0.05) is 12.8 Å². The molecule has 0 aromatic carbocycles. The fourth-order valence-electron chi connectivity index (χ4n) is 0.668. The molecule has 0 aromatic rings. The lowest BCUT2D eigenvalue weighted by atomic mass is 10.1. The van der Waals surface area contributed by atoms with Gasteiger partial charge in [-0.15, -0.1) is 0 Å². The predicted molar refractivity (Wildman–Crippen MR) is 42.2 cm³/mol. The van der Waals surface area contributed by atoms with Gasteiger partial charge in [0.25, 0.3) is 0 Å². The highest BCUT2D eigenvalue weighted by Gasteiger charge is 2.10. The summed E-state index contributed by atoms with van der Waals surface area (Å²) in [6, 6.07) is 0. The molecule has 4 nitrogen and oxygen atoms in total. The van der Waals surface area contributed by atoms with Gasteiger partial charge in [-0.1, -0.05) is 6.92 Å². The van der Waals surface area contributed by atoms with Crippen molar-refractivity contribution in [3.8, 4) is 0 Å². The lowest BCUT2D eigenvalue weighted by Gasteiger charge is -2.02. The summed E-state index contributed by atoms with van der Waals surface area (Å²) in [6.07, 6.45) is -0.154. The highest BCUT2D eigenvalue weighted by atomic mass is 24.3. The number of aliphatic carboxylic acids is 2. The lowest BCUT2D eigenvalue weighted by Crippen LogP contribution is -2.08. The fourth-order valence-corrected chi connectivity index (χ4v) is 0.668. The van der Waals surface area contributed by atoms with Gasteiger partial charge in [-0.25, -0.2) is 0 Å². The quantitative estimate of drug-likeness (QED) is 0.569. The van der Waals surface area contributed by atoms with Crippen LogP contribution in [0.25, 0.3) is 0 Å². The zero-order valence-corrected chi connectivity index (χ0v) is 5.70. The second kappa shape index (κ2) is 6.42. The van der Waals surface area contributed by atoms with Gasteiger partial charge in [-0.05, 0) is 5.92 Å². The van der Waals surface area contributed by atoms with Crippen molar-refractivity contribution < 1.29 is 19.8 Å². The minimum absolute atomic E-state index is 0. The van der Waals surface area contributed by atoms with E-state index in [4.69, 9.17) is 10.2 Å². The van der Waals surface area contributed by atoms with E-state index in [1.807, 2.05) is 0 Å². The average molecular weight is 172 g/mol. The zero-order chi connectivity index (χ0) is 8.15. The normalized spacial score (nSPS) is 8.91. The highest BCUT2D eigenvalue weighted by molar-refractivity contribution is 5.75. The summed E-state index contributed by atoms with van der Waals surface area (Å²) >= 11 is 0. The molecule has 0 aromatic heterocycles. The molecule has 0 aliphatic heterocycles. The average Bonchev–Trinajstić information content (AvgIpc) is 1.58. The summed E-state index contributed by atoms with van der Waals surface area (Å²) in [5, 5.41) is 16.4. The second-order valence-corrected chi connectivity index (χ2v) is 2.30. The van der Waals surface area contributed by atoms with Gasteiger partial charge < -0.3 is 10.2 Å². The zero-order valence-electron chi connectivity index (χ0n) is 5.70. The third-order valence-electron chi connectivity index (χ3n) is 1.05. The standard InChI is InChI=1S/C6H10O4.Mg.2H/c1-4(2-5(7)8)3-6(9)10;;;/h4H,2-3H2,1H3,(H,7,8)(H,9,10);;;. The largest absolute Gasteiger partial charge is 0.481 e. The maximum atomic E-state index is 10.00. The van der Waals surface area contributed by atoms with Crippen molar-refractivity contribution in [3.63, 3.8) is 0 Å². The molecule has 0 aliphatic rings. The van der Waals surface area contributed by atoms with Crippen LogP contribution >= 0.6 is 0 Å². The van der Waals surface area contributed by atoms with E-state index in [1.165, 1.54) is 0 Å². The van der Waals surface area contributed by atoms with Crippen LogP contribution in [0, 0.1) is 5.92 Å². The van der Waals surface area contributed by atoms with Crippen molar-refractivity contribution in [2.45, 2.75) is 19.8 Å². The molecule has 11 heavy (non-hydrogen) atoms. The maximum Gasteiger partial charge on any atom is 0.316 e. The van der Waals surface area contributed by atoms with Crippen molar-refractivity contribution in [1.82, 2.24) is 0 Å². The van der Waals surface area contributed by atoms with Crippen molar-refractivity contribution in [2.75, 3.05) is 0 Å². The summed E-state index contributed by atoms with van der Waals surface area (Å²) in [5.41, 5.74) is 0. The molecular formula is C6H12MgO4. The van der Waals surface area contributed by atoms with E-state index in [-0.39, 0.29) is 41.8 Å². The number of hydrogen-bond acceptors (Lipinski definition) is 2. The van der Waals surface area contributed by atoms with Gasteiger partial charge in [-0.2, -0.15) is 0 Å². The van der Waals surface area contributed by atoms with Crippen LogP contribution in [0.2, 0.25) is 0 Å². The van der Waals surface area contributed by atoms with Crippen LogP contribution < -0.4 is 0 Å². The van der Waals surface area contributed by atoms with Crippen LogP contribution in [-0.4, -0.2) is 45.2 Å². The Balaban J connectivity index is 0. The molecule has 0 aliphatic carbocycles. The summed E-state index contributed by atoms with van der Waals surface area (Å²) < 4.78 is 0. The smallest absolute Gasteiger partial charge is 0.316 e. The van der Waals surface area contributed by atoms with E-state index >= 15 is 0 Å². The number of hydrogen-bond donors (Lipinski definition) is 2. The van der Waals surface area contributed by atoms with E-state index in [0.717, 1.165) is 0 Å². The molecular weight excluding hydrogens is 160 g/mol. The van der Waals surface area contributed by atoms with Crippen molar-refractivity contribution in [3.05, 3.63) is 0 Å². The Labute approximate surface area is 80.7 Å². The van der Waals surface area contributed by atoms with E-state index in [1.54, 1.807) is 6.92 Å². The molecule has 5 heteroatoms. The van der Waals surface area contributed by atoms with Gasteiger partial charge in [0.1, 0.15) is 0 Å². The summed E-state index contributed by atoms with van der Waals surface area (Å²) in [7, 11) is 0. The molecule has 0 saturated carbocycles. The summed E-state index contributed by atoms with van der Waals surface area (Å²) in [4.78, 5) is 20.0. The molecule has 0 saturated heterocycles. The van der Waals surface area contributed by atoms with E-state index < -0.39 is 11.9 Å². The van der Waals surface area contributed by atoms with Crippen LogP contribution in [0.1, 0.15) is 19.8 Å². The second-order valence-electron chi connectivity index (χ2n) is 2.30. The maximum absolute atomic E-state index is 10.00. The Hall–Kier alpha value is -0.294. The molecule has 0 atom stereocenters. The molecule has 0 heterocycles. The first-order valence-electron chi connectivity index (χ1n) is 2.96.